The Kier molecular flexibility index (Phi) is 5.44. The van der Waals surface area contributed by atoms with E-state index in [1.807, 2.05) is 6.07 Å². The number of aromatic nitrogens is 2. The zero-order valence-corrected chi connectivity index (χ0v) is 17.8. The molecule has 2 amide bonds. The minimum Gasteiger partial charge on any atom is -0.366 e. The SMILES string of the molecule is O=C(N[C@H](C(=O)N1C[C@H](Cl)[C@H]2OCC(=O)[C@H]21)C1CCCCC1)c1ccc2cn[nH]c2c1. The third kappa shape index (κ3) is 3.72. The summed E-state index contributed by atoms with van der Waals surface area (Å²) in [6, 6.07) is 3.93. The molecule has 8 nitrogen and oxygen atoms in total. The number of ether oxygens (including phenoxy) is 1. The summed E-state index contributed by atoms with van der Waals surface area (Å²) < 4.78 is 5.52. The molecular weight excluding hydrogens is 420 g/mol. The molecule has 3 heterocycles. The molecule has 4 atom stereocenters. The fourth-order valence-corrected chi connectivity index (χ4v) is 5.51. The predicted molar refractivity (Wildman–Crippen MR) is 114 cm³/mol. The zero-order valence-electron chi connectivity index (χ0n) is 17.1. The van der Waals surface area contributed by atoms with Crippen LogP contribution in [0.2, 0.25) is 0 Å². The summed E-state index contributed by atoms with van der Waals surface area (Å²) in [6.45, 7) is 0.230. The average Bonchev–Trinajstić information content (AvgIpc) is 3.49. The van der Waals surface area contributed by atoms with E-state index in [-0.39, 0.29) is 36.7 Å². The molecule has 164 valence electrons. The standard InChI is InChI=1S/C22H25ClN4O4/c23-15-10-27(19-17(28)11-31-20(15)19)22(30)18(12-4-2-1-3-5-12)25-21(29)13-6-7-14-9-24-26-16(14)8-13/h6-9,12,15,18-20H,1-5,10-11H2,(H,24,26)(H,25,29)/t15-,18-,19+,20+/m0/s1. The lowest BCUT2D eigenvalue weighted by atomic mass is 9.83. The van der Waals surface area contributed by atoms with Gasteiger partial charge in [0.2, 0.25) is 5.91 Å². The monoisotopic (exact) mass is 444 g/mol. The number of amides is 2. The first-order chi connectivity index (χ1) is 15.0. The van der Waals surface area contributed by atoms with Crippen LogP contribution in [0.1, 0.15) is 42.5 Å². The molecule has 3 fully saturated rings. The summed E-state index contributed by atoms with van der Waals surface area (Å²) >= 11 is 6.39. The first-order valence-electron chi connectivity index (χ1n) is 10.9. The number of aromatic amines is 1. The van der Waals surface area contributed by atoms with Gasteiger partial charge in [-0.3, -0.25) is 19.5 Å². The summed E-state index contributed by atoms with van der Waals surface area (Å²) in [6.07, 6.45) is 6.14. The second kappa shape index (κ2) is 8.24. The molecule has 2 aromatic rings. The Morgan fingerprint density at radius 2 is 2.06 bits per heavy atom. The second-order valence-corrected chi connectivity index (χ2v) is 9.28. The van der Waals surface area contributed by atoms with Crippen LogP contribution in [0, 0.1) is 5.92 Å². The number of H-pyrrole nitrogens is 1. The molecule has 2 saturated heterocycles. The van der Waals surface area contributed by atoms with E-state index in [9.17, 15) is 14.4 Å². The van der Waals surface area contributed by atoms with Crippen molar-refractivity contribution < 1.29 is 19.1 Å². The van der Waals surface area contributed by atoms with Gasteiger partial charge < -0.3 is 15.0 Å². The molecule has 1 aromatic heterocycles. The van der Waals surface area contributed by atoms with Gasteiger partial charge in [0, 0.05) is 17.5 Å². The number of alkyl halides is 1. The number of nitrogens with zero attached hydrogens (tertiary/aromatic N) is 2. The third-order valence-electron chi connectivity index (χ3n) is 6.78. The van der Waals surface area contributed by atoms with E-state index >= 15 is 0 Å². The Morgan fingerprint density at radius 1 is 1.26 bits per heavy atom. The van der Waals surface area contributed by atoms with Gasteiger partial charge in [0.1, 0.15) is 24.8 Å². The van der Waals surface area contributed by atoms with Crippen molar-refractivity contribution in [1.29, 1.82) is 0 Å². The minimum atomic E-state index is -0.693. The highest BCUT2D eigenvalue weighted by Crippen LogP contribution is 2.34. The van der Waals surface area contributed by atoms with E-state index in [0.29, 0.717) is 5.56 Å². The van der Waals surface area contributed by atoms with Gasteiger partial charge in [-0.25, -0.2) is 0 Å². The summed E-state index contributed by atoms with van der Waals surface area (Å²) in [5.41, 5.74) is 1.22. The number of Topliss-reactive ketones (excluding diaryl/α,β-unsaturated/α-hetero) is 1. The summed E-state index contributed by atoms with van der Waals surface area (Å²) in [5, 5.41) is 10.3. The van der Waals surface area contributed by atoms with Crippen molar-refractivity contribution in [2.24, 2.45) is 5.92 Å². The Bertz CT molecular complexity index is 1020. The zero-order chi connectivity index (χ0) is 21.5. The third-order valence-corrected chi connectivity index (χ3v) is 7.17. The van der Waals surface area contributed by atoms with Crippen molar-refractivity contribution in [3.63, 3.8) is 0 Å². The first kappa shape index (κ1) is 20.5. The maximum Gasteiger partial charge on any atom is 0.252 e. The molecule has 0 spiro atoms. The molecule has 9 heteroatoms. The number of rotatable bonds is 4. The van der Waals surface area contributed by atoms with Crippen molar-refractivity contribution >= 4 is 40.1 Å². The molecule has 0 unspecified atom stereocenters. The molecule has 2 aliphatic heterocycles. The van der Waals surface area contributed by atoms with Crippen molar-refractivity contribution in [3.8, 4) is 0 Å². The fraction of sp³-hybridized carbons (Fsp3) is 0.545. The number of nitrogens with one attached hydrogen (secondary N) is 2. The number of carbonyl (C=O) groups excluding carboxylic acids is 3. The number of halogens is 1. The lowest BCUT2D eigenvalue weighted by Gasteiger charge is -2.34. The van der Waals surface area contributed by atoms with Crippen LogP contribution in [0.25, 0.3) is 10.9 Å². The number of carbonyl (C=O) groups is 3. The maximum absolute atomic E-state index is 13.6. The molecule has 1 aromatic carbocycles. The second-order valence-electron chi connectivity index (χ2n) is 8.71. The normalized spacial score (nSPS) is 27.5. The molecule has 1 aliphatic carbocycles. The number of ketones is 1. The van der Waals surface area contributed by atoms with Crippen LogP contribution in [0.4, 0.5) is 0 Å². The van der Waals surface area contributed by atoms with Crippen LogP contribution >= 0.6 is 11.6 Å². The van der Waals surface area contributed by atoms with Gasteiger partial charge in [-0.1, -0.05) is 25.3 Å². The predicted octanol–water partition coefficient (Wildman–Crippen LogP) is 2.03. The largest absolute Gasteiger partial charge is 0.366 e. The highest BCUT2D eigenvalue weighted by molar-refractivity contribution is 6.22. The lowest BCUT2D eigenvalue weighted by molar-refractivity contribution is -0.139. The van der Waals surface area contributed by atoms with Crippen LogP contribution in [-0.4, -0.2) is 69.4 Å². The molecule has 3 aliphatic rings. The van der Waals surface area contributed by atoms with E-state index in [1.165, 1.54) is 4.90 Å². The summed E-state index contributed by atoms with van der Waals surface area (Å²) in [5.74, 6) is -0.640. The van der Waals surface area contributed by atoms with Crippen LogP contribution in [0.5, 0.6) is 0 Å². The highest BCUT2D eigenvalue weighted by Gasteiger charge is 2.53. The van der Waals surface area contributed by atoms with Gasteiger partial charge in [0.15, 0.2) is 5.78 Å². The van der Waals surface area contributed by atoms with Gasteiger partial charge in [0.25, 0.3) is 5.91 Å². The van der Waals surface area contributed by atoms with Gasteiger partial charge in [-0.05, 0) is 30.9 Å². The van der Waals surface area contributed by atoms with Crippen LogP contribution in [-0.2, 0) is 14.3 Å². The van der Waals surface area contributed by atoms with E-state index in [1.54, 1.807) is 18.3 Å². The quantitative estimate of drug-likeness (QED) is 0.702. The minimum absolute atomic E-state index is 0.0208. The lowest BCUT2D eigenvalue weighted by Crippen LogP contribution is -2.55. The molecule has 0 bridgehead atoms. The number of fused-ring (bicyclic) bond motifs is 2. The maximum atomic E-state index is 13.6. The van der Waals surface area contributed by atoms with Crippen molar-refractivity contribution in [1.82, 2.24) is 20.4 Å². The summed E-state index contributed by atoms with van der Waals surface area (Å²) in [4.78, 5) is 40.7. The van der Waals surface area contributed by atoms with Crippen molar-refractivity contribution in [3.05, 3.63) is 30.0 Å². The molecule has 0 radical (unpaired) electrons. The van der Waals surface area contributed by atoms with Crippen molar-refractivity contribution in [2.45, 2.75) is 55.7 Å². The van der Waals surface area contributed by atoms with Crippen LogP contribution < -0.4 is 5.32 Å². The van der Waals surface area contributed by atoms with Crippen LogP contribution in [0.3, 0.4) is 0 Å². The number of benzene rings is 1. The van der Waals surface area contributed by atoms with Gasteiger partial charge in [0.05, 0.1) is 17.1 Å². The Morgan fingerprint density at radius 3 is 2.87 bits per heavy atom. The van der Waals surface area contributed by atoms with Crippen LogP contribution in [0.15, 0.2) is 24.4 Å². The van der Waals surface area contributed by atoms with Gasteiger partial charge in [-0.15, -0.1) is 11.6 Å². The topological polar surface area (TPSA) is 104 Å². The average molecular weight is 445 g/mol. The smallest absolute Gasteiger partial charge is 0.252 e. The highest BCUT2D eigenvalue weighted by atomic mass is 35.5. The molecule has 2 N–H and O–H groups in total. The molecule has 5 rings (SSSR count). The fourth-order valence-electron chi connectivity index (χ4n) is 5.15. The molecule has 31 heavy (non-hydrogen) atoms. The van der Waals surface area contributed by atoms with E-state index in [4.69, 9.17) is 16.3 Å². The van der Waals surface area contributed by atoms with E-state index < -0.39 is 23.6 Å². The van der Waals surface area contributed by atoms with Gasteiger partial charge >= 0.3 is 0 Å². The van der Waals surface area contributed by atoms with Crippen molar-refractivity contribution in [2.75, 3.05) is 13.2 Å². The van der Waals surface area contributed by atoms with E-state index in [0.717, 1.165) is 43.0 Å². The molecule has 1 saturated carbocycles. The van der Waals surface area contributed by atoms with Gasteiger partial charge in [-0.2, -0.15) is 5.10 Å². The Balaban J connectivity index is 1.40. The first-order valence-corrected chi connectivity index (χ1v) is 11.3. The van der Waals surface area contributed by atoms with E-state index in [2.05, 4.69) is 15.5 Å². The molecular formula is C22H25ClN4O4. The number of likely N-dealkylation sites (tertiary alicyclic amines) is 1. The Labute approximate surface area is 184 Å². The Hall–Kier alpha value is -2.45. The number of hydrogen-bond donors (Lipinski definition) is 2. The number of hydrogen-bond acceptors (Lipinski definition) is 5. The summed E-state index contributed by atoms with van der Waals surface area (Å²) in [7, 11) is 0.